The van der Waals surface area contributed by atoms with Crippen molar-refractivity contribution in [3.05, 3.63) is 131 Å². The highest BCUT2D eigenvalue weighted by molar-refractivity contribution is 6.04. The summed E-state index contributed by atoms with van der Waals surface area (Å²) in [6.07, 6.45) is 1.80. The van der Waals surface area contributed by atoms with Gasteiger partial charge in [0, 0.05) is 24.6 Å². The Morgan fingerprint density at radius 1 is 0.925 bits per heavy atom. The van der Waals surface area contributed by atoms with E-state index in [-0.39, 0.29) is 24.6 Å². The number of carbonyl (C=O) groups excluding carboxylic acids is 3. The monoisotopic (exact) mass is 538 g/mol. The number of carbonyl (C=O) groups is 3. The van der Waals surface area contributed by atoms with Crippen molar-refractivity contribution in [3.8, 4) is 0 Å². The van der Waals surface area contributed by atoms with Crippen LogP contribution in [0.15, 0.2) is 97.3 Å². The topological polar surface area (TPSA) is 101 Å². The summed E-state index contributed by atoms with van der Waals surface area (Å²) in [6.45, 7) is 2.43. The zero-order valence-corrected chi connectivity index (χ0v) is 21.7. The molecule has 3 amide bonds. The Hall–Kier alpha value is -5.05. The van der Waals surface area contributed by atoms with E-state index in [0.29, 0.717) is 11.3 Å². The maximum absolute atomic E-state index is 14.0. The lowest BCUT2D eigenvalue weighted by Gasteiger charge is -2.24. The molecule has 40 heavy (non-hydrogen) atoms. The molecule has 0 saturated carbocycles. The molecule has 1 aromatic heterocycles. The number of pyridine rings is 1. The standard InChI is InChI=1S/C31H27FN4O4/c1-20-6-8-22(9-7-20)19-36-27(30(38)34-18-21-14-16-33-17-15-21)28(40-31(36)39)23-10-12-24(13-11-23)35-29(37)25-4-2-3-5-26(25)32/h2-17,27-28H,18-19H2,1H3,(H,34,38)(H,35,37). The Kier molecular flexibility index (Phi) is 7.82. The molecular weight excluding hydrogens is 511 g/mol. The van der Waals surface area contributed by atoms with Crippen LogP contribution in [0.5, 0.6) is 0 Å². The summed E-state index contributed by atoms with van der Waals surface area (Å²) in [5.74, 6) is -1.57. The van der Waals surface area contributed by atoms with Gasteiger partial charge in [0.1, 0.15) is 5.82 Å². The van der Waals surface area contributed by atoms with E-state index in [0.717, 1.165) is 16.7 Å². The molecule has 2 unspecified atom stereocenters. The van der Waals surface area contributed by atoms with Crippen molar-refractivity contribution < 1.29 is 23.5 Å². The van der Waals surface area contributed by atoms with Crippen LogP contribution in [-0.4, -0.2) is 33.8 Å². The van der Waals surface area contributed by atoms with Crippen molar-refractivity contribution in [1.29, 1.82) is 0 Å². The van der Waals surface area contributed by atoms with Gasteiger partial charge in [0.05, 0.1) is 12.1 Å². The number of amides is 3. The molecule has 4 aromatic rings. The number of aromatic nitrogens is 1. The summed E-state index contributed by atoms with van der Waals surface area (Å²) < 4.78 is 19.7. The van der Waals surface area contributed by atoms with Crippen molar-refractivity contribution in [2.75, 3.05) is 5.32 Å². The lowest BCUT2D eigenvalue weighted by molar-refractivity contribution is -0.126. The summed E-state index contributed by atoms with van der Waals surface area (Å²) in [5.41, 5.74) is 3.74. The summed E-state index contributed by atoms with van der Waals surface area (Å²) in [5, 5.41) is 5.58. The molecule has 0 radical (unpaired) electrons. The summed E-state index contributed by atoms with van der Waals surface area (Å²) >= 11 is 0. The Morgan fingerprint density at radius 3 is 2.33 bits per heavy atom. The zero-order chi connectivity index (χ0) is 28.1. The Morgan fingerprint density at radius 2 is 1.62 bits per heavy atom. The number of benzene rings is 3. The minimum Gasteiger partial charge on any atom is -0.438 e. The van der Waals surface area contributed by atoms with Gasteiger partial charge in [-0.05, 0) is 60.0 Å². The van der Waals surface area contributed by atoms with E-state index in [4.69, 9.17) is 4.74 Å². The van der Waals surface area contributed by atoms with Crippen LogP contribution < -0.4 is 10.6 Å². The molecule has 0 aliphatic carbocycles. The van der Waals surface area contributed by atoms with Gasteiger partial charge in [-0.25, -0.2) is 9.18 Å². The first-order chi connectivity index (χ1) is 19.4. The van der Waals surface area contributed by atoms with Gasteiger partial charge < -0.3 is 15.4 Å². The molecular formula is C31H27FN4O4. The number of rotatable bonds is 8. The normalized spacial score (nSPS) is 16.4. The molecule has 202 valence electrons. The Balaban J connectivity index is 1.37. The number of ether oxygens (including phenoxy) is 1. The molecule has 9 heteroatoms. The molecule has 1 aliphatic heterocycles. The molecule has 1 aliphatic rings. The van der Waals surface area contributed by atoms with E-state index < -0.39 is 30.0 Å². The first-order valence-corrected chi connectivity index (χ1v) is 12.7. The lowest BCUT2D eigenvalue weighted by Crippen LogP contribution is -2.46. The van der Waals surface area contributed by atoms with Crippen LogP contribution in [0.25, 0.3) is 0 Å². The number of aryl methyl sites for hydroxylation is 1. The van der Waals surface area contributed by atoms with E-state index in [2.05, 4.69) is 15.6 Å². The van der Waals surface area contributed by atoms with Gasteiger partial charge in [-0.15, -0.1) is 0 Å². The largest absolute Gasteiger partial charge is 0.438 e. The molecule has 2 heterocycles. The van der Waals surface area contributed by atoms with Crippen molar-refractivity contribution >= 4 is 23.6 Å². The fourth-order valence-electron chi connectivity index (χ4n) is 4.49. The van der Waals surface area contributed by atoms with Gasteiger partial charge in [0.25, 0.3) is 5.91 Å². The second-order valence-corrected chi connectivity index (χ2v) is 9.49. The second-order valence-electron chi connectivity index (χ2n) is 9.49. The van der Waals surface area contributed by atoms with Crippen LogP contribution in [0, 0.1) is 12.7 Å². The van der Waals surface area contributed by atoms with Crippen molar-refractivity contribution in [3.63, 3.8) is 0 Å². The third-order valence-electron chi connectivity index (χ3n) is 6.66. The van der Waals surface area contributed by atoms with Gasteiger partial charge in [-0.1, -0.05) is 54.1 Å². The Bertz CT molecular complexity index is 1510. The number of anilines is 1. The van der Waals surface area contributed by atoms with E-state index >= 15 is 0 Å². The van der Waals surface area contributed by atoms with Gasteiger partial charge in [0.2, 0.25) is 5.91 Å². The number of halogens is 1. The first kappa shape index (κ1) is 26.6. The molecule has 3 aromatic carbocycles. The van der Waals surface area contributed by atoms with E-state index in [1.165, 1.54) is 23.1 Å². The fraction of sp³-hybridized carbons (Fsp3) is 0.161. The third-order valence-corrected chi connectivity index (χ3v) is 6.66. The number of nitrogens with one attached hydrogen (secondary N) is 2. The highest BCUT2D eigenvalue weighted by Gasteiger charge is 2.46. The van der Waals surface area contributed by atoms with E-state index in [1.807, 2.05) is 31.2 Å². The van der Waals surface area contributed by atoms with Gasteiger partial charge in [-0.3, -0.25) is 19.5 Å². The quantitative estimate of drug-likeness (QED) is 0.323. The molecule has 0 bridgehead atoms. The van der Waals surface area contributed by atoms with Crippen LogP contribution in [0.1, 0.15) is 38.7 Å². The molecule has 0 spiro atoms. The lowest BCUT2D eigenvalue weighted by atomic mass is 10.00. The Labute approximate surface area is 230 Å². The molecule has 1 fully saturated rings. The van der Waals surface area contributed by atoms with Crippen molar-refractivity contribution in [1.82, 2.24) is 15.2 Å². The number of cyclic esters (lactones) is 1. The number of nitrogens with zero attached hydrogens (tertiary/aromatic N) is 2. The first-order valence-electron chi connectivity index (χ1n) is 12.7. The average Bonchev–Trinajstić information content (AvgIpc) is 3.29. The number of hydrogen-bond acceptors (Lipinski definition) is 5. The van der Waals surface area contributed by atoms with Crippen LogP contribution >= 0.6 is 0 Å². The maximum Gasteiger partial charge on any atom is 0.411 e. The van der Waals surface area contributed by atoms with E-state index in [1.54, 1.807) is 54.9 Å². The molecule has 2 atom stereocenters. The van der Waals surface area contributed by atoms with Crippen LogP contribution in [-0.2, 0) is 22.6 Å². The summed E-state index contributed by atoms with van der Waals surface area (Å²) in [4.78, 5) is 44.5. The minimum atomic E-state index is -0.936. The second kappa shape index (κ2) is 11.8. The zero-order valence-electron chi connectivity index (χ0n) is 21.7. The predicted molar refractivity (Wildman–Crippen MR) is 147 cm³/mol. The van der Waals surface area contributed by atoms with Crippen LogP contribution in [0.4, 0.5) is 14.9 Å². The van der Waals surface area contributed by atoms with Crippen molar-refractivity contribution in [2.45, 2.75) is 32.2 Å². The average molecular weight is 539 g/mol. The van der Waals surface area contributed by atoms with Gasteiger partial charge in [0.15, 0.2) is 12.1 Å². The molecule has 1 saturated heterocycles. The SMILES string of the molecule is Cc1ccc(CN2C(=O)OC(c3ccc(NC(=O)c4ccccc4F)cc3)C2C(=O)NCc2ccncc2)cc1. The number of hydrogen-bond donors (Lipinski definition) is 2. The van der Waals surface area contributed by atoms with Gasteiger partial charge in [-0.2, -0.15) is 0 Å². The fourth-order valence-corrected chi connectivity index (χ4v) is 4.49. The smallest absolute Gasteiger partial charge is 0.411 e. The van der Waals surface area contributed by atoms with E-state index in [9.17, 15) is 18.8 Å². The highest BCUT2D eigenvalue weighted by Crippen LogP contribution is 2.34. The van der Waals surface area contributed by atoms with Crippen LogP contribution in [0.2, 0.25) is 0 Å². The predicted octanol–water partition coefficient (Wildman–Crippen LogP) is 5.16. The summed E-state index contributed by atoms with van der Waals surface area (Å²) in [7, 11) is 0. The molecule has 8 nitrogen and oxygen atoms in total. The maximum atomic E-state index is 14.0. The molecule has 2 N–H and O–H groups in total. The van der Waals surface area contributed by atoms with Gasteiger partial charge >= 0.3 is 6.09 Å². The highest BCUT2D eigenvalue weighted by atomic mass is 19.1. The van der Waals surface area contributed by atoms with Crippen LogP contribution in [0.3, 0.4) is 0 Å². The third kappa shape index (κ3) is 5.99. The summed E-state index contributed by atoms with van der Waals surface area (Å²) in [6, 6.07) is 22.7. The molecule has 5 rings (SSSR count). The van der Waals surface area contributed by atoms with Crippen molar-refractivity contribution in [2.24, 2.45) is 0 Å². The minimum absolute atomic E-state index is 0.0750.